The molecule has 0 fully saturated rings. The lowest BCUT2D eigenvalue weighted by Crippen LogP contribution is -2.30. The van der Waals surface area contributed by atoms with Gasteiger partial charge in [0.05, 0.1) is 0 Å². The summed E-state index contributed by atoms with van der Waals surface area (Å²) in [4.78, 5) is 38.3. The maximum atomic E-state index is 12.9. The van der Waals surface area contributed by atoms with Gasteiger partial charge in [0.25, 0.3) is 0 Å². The second-order valence-corrected chi connectivity index (χ2v) is 22.4. The van der Waals surface area contributed by atoms with Crippen molar-refractivity contribution >= 4 is 17.9 Å². The zero-order valence-corrected chi connectivity index (χ0v) is 51.7. The number of hydrogen-bond donors (Lipinski definition) is 0. The molecule has 0 amide bonds. The zero-order chi connectivity index (χ0) is 56.4. The lowest BCUT2D eigenvalue weighted by atomic mass is 10.0. The average molecular weight is 1090 g/mol. The van der Waals surface area contributed by atoms with E-state index < -0.39 is 6.10 Å². The lowest BCUT2D eigenvalue weighted by molar-refractivity contribution is -0.166. The van der Waals surface area contributed by atoms with Crippen LogP contribution in [-0.2, 0) is 28.6 Å². The number of ether oxygens (including phenoxy) is 3. The zero-order valence-electron chi connectivity index (χ0n) is 51.7. The summed E-state index contributed by atoms with van der Waals surface area (Å²) in [5.74, 6) is -0.972. The van der Waals surface area contributed by atoms with Crippen LogP contribution in [0.1, 0.15) is 335 Å². The van der Waals surface area contributed by atoms with Gasteiger partial charge in [-0.3, -0.25) is 14.4 Å². The summed E-state index contributed by atoms with van der Waals surface area (Å²) >= 11 is 0. The summed E-state index contributed by atoms with van der Waals surface area (Å²) in [6.07, 6.45) is 87.6. The van der Waals surface area contributed by atoms with Crippen LogP contribution in [0.25, 0.3) is 0 Å². The van der Waals surface area contributed by atoms with E-state index in [1.54, 1.807) is 0 Å². The van der Waals surface area contributed by atoms with E-state index in [0.717, 1.165) is 77.0 Å². The maximum Gasteiger partial charge on any atom is 0.306 e. The molecule has 0 aromatic heterocycles. The molecule has 1 atom stereocenters. The topological polar surface area (TPSA) is 78.9 Å². The van der Waals surface area contributed by atoms with Crippen molar-refractivity contribution < 1.29 is 28.6 Å². The van der Waals surface area contributed by atoms with Crippen LogP contribution in [0.15, 0.2) is 85.1 Å². The van der Waals surface area contributed by atoms with Gasteiger partial charge < -0.3 is 14.2 Å². The Kier molecular flexibility index (Phi) is 63.2. The van der Waals surface area contributed by atoms with Crippen LogP contribution >= 0.6 is 0 Å². The predicted octanol–water partition coefficient (Wildman–Crippen LogP) is 23.1. The third-order valence-corrected chi connectivity index (χ3v) is 14.6. The van der Waals surface area contributed by atoms with Crippen LogP contribution in [-0.4, -0.2) is 37.2 Å². The molecule has 0 N–H and O–H groups in total. The monoisotopic (exact) mass is 1090 g/mol. The first kappa shape index (κ1) is 74.6. The van der Waals surface area contributed by atoms with Crippen molar-refractivity contribution in [1.82, 2.24) is 0 Å². The molecule has 0 aromatic carbocycles. The Bertz CT molecular complexity index is 1480. The molecular weight excluding hydrogens is 961 g/mol. The molecule has 6 nitrogen and oxygen atoms in total. The number of carbonyl (C=O) groups excluding carboxylic acids is 3. The predicted molar refractivity (Wildman–Crippen MR) is 339 cm³/mol. The summed E-state index contributed by atoms with van der Waals surface area (Å²) in [7, 11) is 0. The van der Waals surface area contributed by atoms with Crippen molar-refractivity contribution in [3.8, 4) is 0 Å². The highest BCUT2D eigenvalue weighted by molar-refractivity contribution is 5.71. The molecule has 0 saturated heterocycles. The Labute approximate surface area is 484 Å². The van der Waals surface area contributed by atoms with Gasteiger partial charge in [-0.05, 0) is 83.5 Å². The highest BCUT2D eigenvalue weighted by atomic mass is 16.6. The molecule has 0 aliphatic rings. The van der Waals surface area contributed by atoms with Gasteiger partial charge in [0, 0.05) is 19.3 Å². The van der Waals surface area contributed by atoms with E-state index in [4.69, 9.17) is 14.2 Å². The minimum atomic E-state index is -0.816. The lowest BCUT2D eigenvalue weighted by Gasteiger charge is -2.18. The van der Waals surface area contributed by atoms with Gasteiger partial charge >= 0.3 is 17.9 Å². The van der Waals surface area contributed by atoms with Crippen LogP contribution in [0.5, 0.6) is 0 Å². The summed E-state index contributed by atoms with van der Waals surface area (Å²) in [6.45, 7) is 6.51. The Balaban J connectivity index is 4.34. The highest BCUT2D eigenvalue weighted by Gasteiger charge is 2.19. The fourth-order valence-electron chi connectivity index (χ4n) is 9.64. The van der Waals surface area contributed by atoms with Gasteiger partial charge in [0.15, 0.2) is 6.10 Å². The van der Waals surface area contributed by atoms with Crippen molar-refractivity contribution in [3.63, 3.8) is 0 Å². The van der Waals surface area contributed by atoms with Gasteiger partial charge in [0.1, 0.15) is 13.2 Å². The van der Waals surface area contributed by atoms with Crippen molar-refractivity contribution in [2.75, 3.05) is 13.2 Å². The van der Waals surface area contributed by atoms with Crippen LogP contribution in [0, 0.1) is 0 Å². The number of carbonyl (C=O) groups is 3. The Morgan fingerprint density at radius 1 is 0.269 bits per heavy atom. The third-order valence-electron chi connectivity index (χ3n) is 14.6. The molecule has 6 heteroatoms. The maximum absolute atomic E-state index is 12.9. The summed E-state index contributed by atoms with van der Waals surface area (Å²) in [5, 5.41) is 0. The highest BCUT2D eigenvalue weighted by Crippen LogP contribution is 2.17. The van der Waals surface area contributed by atoms with Crippen LogP contribution < -0.4 is 0 Å². The van der Waals surface area contributed by atoms with Crippen molar-refractivity contribution in [2.24, 2.45) is 0 Å². The van der Waals surface area contributed by atoms with E-state index in [9.17, 15) is 14.4 Å². The number of unbranched alkanes of at least 4 members (excludes halogenated alkanes) is 36. The van der Waals surface area contributed by atoms with E-state index in [0.29, 0.717) is 19.3 Å². The second kappa shape index (κ2) is 66.1. The second-order valence-electron chi connectivity index (χ2n) is 22.4. The van der Waals surface area contributed by atoms with Gasteiger partial charge in [-0.15, -0.1) is 0 Å². The van der Waals surface area contributed by atoms with Crippen molar-refractivity contribution in [3.05, 3.63) is 85.1 Å². The Hall–Kier alpha value is -3.41. The molecule has 0 spiro atoms. The van der Waals surface area contributed by atoms with Crippen molar-refractivity contribution in [2.45, 2.75) is 341 Å². The van der Waals surface area contributed by atoms with E-state index >= 15 is 0 Å². The molecule has 0 aliphatic carbocycles. The first-order valence-electron chi connectivity index (χ1n) is 33.6. The van der Waals surface area contributed by atoms with Gasteiger partial charge in [0.2, 0.25) is 0 Å². The molecule has 0 aliphatic heterocycles. The van der Waals surface area contributed by atoms with Gasteiger partial charge in [-0.25, -0.2) is 0 Å². The summed E-state index contributed by atoms with van der Waals surface area (Å²) < 4.78 is 16.9. The number of allylic oxidation sites excluding steroid dienone is 14. The summed E-state index contributed by atoms with van der Waals surface area (Å²) in [5.41, 5.74) is 0. The summed E-state index contributed by atoms with van der Waals surface area (Å²) in [6, 6.07) is 0. The van der Waals surface area contributed by atoms with Crippen molar-refractivity contribution in [1.29, 1.82) is 0 Å². The van der Waals surface area contributed by atoms with Crippen LogP contribution in [0.2, 0.25) is 0 Å². The van der Waals surface area contributed by atoms with Crippen LogP contribution in [0.4, 0.5) is 0 Å². The van der Waals surface area contributed by atoms with Gasteiger partial charge in [-0.1, -0.05) is 318 Å². The average Bonchev–Trinajstić information content (AvgIpc) is 3.44. The molecule has 0 saturated carbocycles. The minimum Gasteiger partial charge on any atom is -0.462 e. The number of hydrogen-bond acceptors (Lipinski definition) is 6. The first-order valence-corrected chi connectivity index (χ1v) is 33.6. The Morgan fingerprint density at radius 3 is 0.833 bits per heavy atom. The molecular formula is C72H126O6. The molecule has 0 heterocycles. The van der Waals surface area contributed by atoms with Gasteiger partial charge in [-0.2, -0.15) is 0 Å². The number of esters is 3. The molecule has 450 valence electrons. The smallest absolute Gasteiger partial charge is 0.306 e. The Morgan fingerprint density at radius 2 is 0.526 bits per heavy atom. The number of rotatable bonds is 61. The van der Waals surface area contributed by atoms with E-state index in [2.05, 4.69) is 99.8 Å². The molecule has 0 radical (unpaired) electrons. The first-order chi connectivity index (χ1) is 38.5. The fraction of sp³-hybridized carbons (Fsp3) is 0.764. The fourth-order valence-corrected chi connectivity index (χ4v) is 9.64. The minimum absolute atomic E-state index is 0.103. The molecule has 78 heavy (non-hydrogen) atoms. The molecule has 1 unspecified atom stereocenters. The third kappa shape index (κ3) is 63.4. The van der Waals surface area contributed by atoms with E-state index in [-0.39, 0.29) is 37.5 Å². The molecule has 0 aromatic rings. The quantitative estimate of drug-likeness (QED) is 0.0261. The largest absolute Gasteiger partial charge is 0.462 e. The molecule has 0 rings (SSSR count). The van der Waals surface area contributed by atoms with Crippen LogP contribution in [0.3, 0.4) is 0 Å². The molecule has 0 bridgehead atoms. The normalized spacial score (nSPS) is 12.6. The standard InChI is InChI=1S/C72H126O6/c1-4-7-10-13-16-19-22-25-28-30-32-33-34-35-36-37-38-39-41-42-44-47-50-53-56-59-62-65-71(74)77-68-69(67-76-70(73)64-61-58-55-52-49-46-27-24-21-18-15-12-9-6-3)78-72(75)66-63-60-57-54-51-48-45-43-40-31-29-26-23-20-17-14-11-8-5-2/h8,11,17,20,26,29-30,32,40,43,48,51,57,60,69H,4-7,9-10,12-16,18-19,21-25,27-28,31,33-39,41-42,44-47,49-50,52-56,58-59,61-68H2,1-3H3/b11-8-,20-17-,29-26-,32-30-,43-40-,51-48-,60-57-. The van der Waals surface area contributed by atoms with E-state index in [1.807, 2.05) is 6.08 Å². The van der Waals surface area contributed by atoms with E-state index in [1.165, 1.54) is 212 Å². The SMILES string of the molecule is CC/C=C\C/C=C\C/C=C\C/C=C\C/C=C\C/C=C\CCC(=O)OC(COC(=O)CCCCCCCCCCCCCCCC)COC(=O)CCCCCCCCCCCCCCCCC/C=C\CCCCCCCCCC.